The standard InChI is InChI=1S/C20H16FN3O2/c1-12-6-8-13(9-7-12)16-10-18(14-4-2-3-5-15(14)21)24-19(22-16)11-17(23-24)20(25)26/h2-6,8-12H,7H2,1H3,(H,25,26). The van der Waals surface area contributed by atoms with Crippen LogP contribution in [0.2, 0.25) is 0 Å². The highest BCUT2D eigenvalue weighted by atomic mass is 19.1. The van der Waals surface area contributed by atoms with Crippen molar-refractivity contribution in [3.8, 4) is 11.3 Å². The summed E-state index contributed by atoms with van der Waals surface area (Å²) in [5.74, 6) is -1.09. The Hall–Kier alpha value is -3.28. The van der Waals surface area contributed by atoms with Gasteiger partial charge in [-0.15, -0.1) is 0 Å². The van der Waals surface area contributed by atoms with Crippen LogP contribution in [-0.2, 0) is 0 Å². The van der Waals surface area contributed by atoms with E-state index in [2.05, 4.69) is 29.2 Å². The van der Waals surface area contributed by atoms with E-state index in [0.29, 0.717) is 28.5 Å². The summed E-state index contributed by atoms with van der Waals surface area (Å²) in [5.41, 5.74) is 2.63. The van der Waals surface area contributed by atoms with Crippen LogP contribution in [0.1, 0.15) is 29.5 Å². The second-order valence-electron chi connectivity index (χ2n) is 6.34. The van der Waals surface area contributed by atoms with E-state index in [4.69, 9.17) is 0 Å². The molecule has 0 fully saturated rings. The van der Waals surface area contributed by atoms with E-state index in [1.165, 1.54) is 16.6 Å². The summed E-state index contributed by atoms with van der Waals surface area (Å²) in [6.45, 7) is 2.13. The molecule has 1 N–H and O–H groups in total. The van der Waals surface area contributed by atoms with Gasteiger partial charge in [0.25, 0.3) is 0 Å². The number of carbonyl (C=O) groups is 1. The Morgan fingerprint density at radius 1 is 1.31 bits per heavy atom. The maximum atomic E-state index is 14.4. The largest absolute Gasteiger partial charge is 0.476 e. The maximum Gasteiger partial charge on any atom is 0.356 e. The first-order valence-electron chi connectivity index (χ1n) is 8.30. The lowest BCUT2D eigenvalue weighted by Gasteiger charge is -2.13. The number of aromatic nitrogens is 3. The predicted molar refractivity (Wildman–Crippen MR) is 96.2 cm³/mol. The summed E-state index contributed by atoms with van der Waals surface area (Å²) in [7, 11) is 0. The average Bonchev–Trinajstić information content (AvgIpc) is 3.07. The van der Waals surface area contributed by atoms with Crippen molar-refractivity contribution < 1.29 is 14.3 Å². The molecule has 2 heterocycles. The number of halogens is 1. The van der Waals surface area contributed by atoms with Gasteiger partial charge in [0, 0.05) is 11.6 Å². The van der Waals surface area contributed by atoms with Gasteiger partial charge < -0.3 is 5.11 Å². The van der Waals surface area contributed by atoms with Gasteiger partial charge in [-0.3, -0.25) is 0 Å². The molecule has 4 rings (SSSR count). The lowest BCUT2D eigenvalue weighted by atomic mass is 9.96. The van der Waals surface area contributed by atoms with Gasteiger partial charge >= 0.3 is 5.97 Å². The number of rotatable bonds is 3. The first-order valence-corrected chi connectivity index (χ1v) is 8.30. The molecule has 5 nitrogen and oxygen atoms in total. The minimum absolute atomic E-state index is 0.131. The molecule has 130 valence electrons. The van der Waals surface area contributed by atoms with Gasteiger partial charge in [0.1, 0.15) is 5.82 Å². The smallest absolute Gasteiger partial charge is 0.356 e. The minimum Gasteiger partial charge on any atom is -0.476 e. The summed E-state index contributed by atoms with van der Waals surface area (Å²) in [5, 5.41) is 13.3. The van der Waals surface area contributed by atoms with Crippen LogP contribution in [0.15, 0.2) is 54.6 Å². The van der Waals surface area contributed by atoms with Crippen molar-refractivity contribution in [1.29, 1.82) is 0 Å². The second kappa shape index (κ2) is 6.22. The topological polar surface area (TPSA) is 67.5 Å². The number of carboxylic acid groups (broad SMARTS) is 1. The van der Waals surface area contributed by atoms with E-state index in [1.54, 1.807) is 24.3 Å². The van der Waals surface area contributed by atoms with Crippen molar-refractivity contribution in [2.45, 2.75) is 13.3 Å². The van der Waals surface area contributed by atoms with Crippen LogP contribution in [0.3, 0.4) is 0 Å². The van der Waals surface area contributed by atoms with E-state index in [9.17, 15) is 14.3 Å². The van der Waals surface area contributed by atoms with Crippen LogP contribution in [0.5, 0.6) is 0 Å². The summed E-state index contributed by atoms with van der Waals surface area (Å²) >= 11 is 0. The van der Waals surface area contributed by atoms with Crippen molar-refractivity contribution in [2.75, 3.05) is 0 Å². The molecule has 0 amide bonds. The molecule has 6 heteroatoms. The Labute approximate surface area is 149 Å². The number of aromatic carboxylic acids is 1. The molecule has 1 atom stereocenters. The van der Waals surface area contributed by atoms with Crippen LogP contribution in [0, 0.1) is 11.7 Å². The van der Waals surface area contributed by atoms with Crippen molar-refractivity contribution in [3.63, 3.8) is 0 Å². The molecule has 0 spiro atoms. The highest BCUT2D eigenvalue weighted by Crippen LogP contribution is 2.29. The van der Waals surface area contributed by atoms with E-state index in [0.717, 1.165) is 12.0 Å². The molecule has 0 aliphatic heterocycles. The van der Waals surface area contributed by atoms with Crippen LogP contribution < -0.4 is 0 Å². The molecule has 26 heavy (non-hydrogen) atoms. The molecular formula is C20H16FN3O2. The molecule has 1 aliphatic carbocycles. The van der Waals surface area contributed by atoms with E-state index < -0.39 is 11.8 Å². The fourth-order valence-corrected chi connectivity index (χ4v) is 3.01. The predicted octanol–water partition coefficient (Wildman–Crippen LogP) is 4.21. The third kappa shape index (κ3) is 2.79. The Morgan fingerprint density at radius 2 is 2.12 bits per heavy atom. The molecule has 2 aromatic heterocycles. The van der Waals surface area contributed by atoms with E-state index in [1.807, 2.05) is 6.08 Å². The lowest BCUT2D eigenvalue weighted by molar-refractivity contribution is 0.0690. The minimum atomic E-state index is -1.15. The Bertz CT molecular complexity index is 1080. The Balaban J connectivity index is 1.97. The number of allylic oxidation sites excluding steroid dienone is 4. The zero-order chi connectivity index (χ0) is 18.3. The molecule has 0 saturated carbocycles. The molecule has 0 bridgehead atoms. The molecule has 0 saturated heterocycles. The quantitative estimate of drug-likeness (QED) is 0.769. The third-order valence-corrected chi connectivity index (χ3v) is 4.41. The van der Waals surface area contributed by atoms with Gasteiger partial charge in [-0.25, -0.2) is 18.7 Å². The SMILES string of the molecule is CC1C=CC(c2cc(-c3ccccc3F)n3nc(C(=O)O)cc3n2)=CC1. The van der Waals surface area contributed by atoms with Crippen LogP contribution in [-0.4, -0.2) is 25.7 Å². The molecular weight excluding hydrogens is 333 g/mol. The van der Waals surface area contributed by atoms with Crippen molar-refractivity contribution in [1.82, 2.24) is 14.6 Å². The molecule has 3 aromatic rings. The Morgan fingerprint density at radius 3 is 2.81 bits per heavy atom. The number of carboxylic acids is 1. The third-order valence-electron chi connectivity index (χ3n) is 4.41. The molecule has 1 unspecified atom stereocenters. The van der Waals surface area contributed by atoms with Gasteiger partial charge in [0.05, 0.1) is 11.4 Å². The second-order valence-corrected chi connectivity index (χ2v) is 6.34. The highest BCUT2D eigenvalue weighted by molar-refractivity contribution is 5.87. The number of hydrogen-bond donors (Lipinski definition) is 1. The van der Waals surface area contributed by atoms with Gasteiger partial charge in [-0.2, -0.15) is 5.10 Å². The number of fused-ring (bicyclic) bond motifs is 1. The van der Waals surface area contributed by atoms with Gasteiger partial charge in [0.2, 0.25) is 0 Å². The summed E-state index contributed by atoms with van der Waals surface area (Å²) in [6, 6.07) is 9.49. The highest BCUT2D eigenvalue weighted by Gasteiger charge is 2.18. The Kier molecular flexibility index (Phi) is 3.88. The number of benzene rings is 1. The van der Waals surface area contributed by atoms with Crippen molar-refractivity contribution >= 4 is 17.2 Å². The number of hydrogen-bond acceptors (Lipinski definition) is 3. The van der Waals surface area contributed by atoms with Gasteiger partial charge in [-0.05, 0) is 36.1 Å². The van der Waals surface area contributed by atoms with Crippen molar-refractivity contribution in [3.05, 3.63) is 71.8 Å². The van der Waals surface area contributed by atoms with E-state index in [-0.39, 0.29) is 5.69 Å². The van der Waals surface area contributed by atoms with Crippen LogP contribution in [0.25, 0.3) is 22.5 Å². The van der Waals surface area contributed by atoms with E-state index >= 15 is 0 Å². The summed E-state index contributed by atoms with van der Waals surface area (Å²) in [4.78, 5) is 15.8. The van der Waals surface area contributed by atoms with Gasteiger partial charge in [0.15, 0.2) is 11.3 Å². The fraction of sp³-hybridized carbons (Fsp3) is 0.150. The zero-order valence-corrected chi connectivity index (χ0v) is 14.1. The fourth-order valence-electron chi connectivity index (χ4n) is 3.01. The monoisotopic (exact) mass is 349 g/mol. The molecule has 1 aliphatic rings. The zero-order valence-electron chi connectivity index (χ0n) is 14.1. The molecule has 0 radical (unpaired) electrons. The van der Waals surface area contributed by atoms with Crippen LogP contribution in [0.4, 0.5) is 4.39 Å². The first-order chi connectivity index (χ1) is 12.5. The normalized spacial score (nSPS) is 16.7. The maximum absolute atomic E-state index is 14.4. The summed E-state index contributed by atoms with van der Waals surface area (Å²) < 4.78 is 15.8. The lowest BCUT2D eigenvalue weighted by Crippen LogP contribution is -2.03. The number of nitrogens with zero attached hydrogens (tertiary/aromatic N) is 3. The van der Waals surface area contributed by atoms with Gasteiger partial charge in [-0.1, -0.05) is 37.3 Å². The van der Waals surface area contributed by atoms with Crippen molar-refractivity contribution in [2.24, 2.45) is 5.92 Å². The molecule has 1 aromatic carbocycles. The average molecular weight is 349 g/mol. The van der Waals surface area contributed by atoms with Crippen LogP contribution >= 0.6 is 0 Å². The first kappa shape index (κ1) is 16.2. The summed E-state index contributed by atoms with van der Waals surface area (Å²) in [6.07, 6.45) is 7.08.